The second-order valence-electron chi connectivity index (χ2n) is 8.56. The molecular formula is C24H35N5O6. The number of hydrogen-bond donors (Lipinski definition) is 2. The molecule has 0 aliphatic heterocycles. The van der Waals surface area contributed by atoms with Crippen LogP contribution in [0.5, 0.6) is 0 Å². The van der Waals surface area contributed by atoms with Gasteiger partial charge < -0.3 is 20.1 Å². The third-order valence-electron chi connectivity index (χ3n) is 5.32. The first kappa shape index (κ1) is 27.8. The summed E-state index contributed by atoms with van der Waals surface area (Å²) < 4.78 is 11.1. The van der Waals surface area contributed by atoms with Crippen molar-refractivity contribution in [1.29, 1.82) is 0 Å². The van der Waals surface area contributed by atoms with Gasteiger partial charge in [0.1, 0.15) is 5.82 Å². The van der Waals surface area contributed by atoms with E-state index in [4.69, 9.17) is 15.2 Å². The number of anilines is 2. The monoisotopic (exact) mass is 489 g/mol. The van der Waals surface area contributed by atoms with Crippen LogP contribution in [0.25, 0.3) is 0 Å². The Bertz CT molecular complexity index is 1100. The van der Waals surface area contributed by atoms with Gasteiger partial charge in [-0.15, -0.1) is 0 Å². The van der Waals surface area contributed by atoms with Crippen molar-refractivity contribution in [2.45, 2.75) is 33.4 Å². The number of ether oxygens (including phenoxy) is 2. The van der Waals surface area contributed by atoms with Gasteiger partial charge in [0, 0.05) is 33.3 Å². The van der Waals surface area contributed by atoms with Crippen LogP contribution in [-0.4, -0.2) is 66.8 Å². The molecule has 0 aliphatic carbocycles. The van der Waals surface area contributed by atoms with E-state index in [1.54, 1.807) is 4.90 Å². The number of aromatic amines is 1. The number of amides is 1. The molecule has 0 bridgehead atoms. The third-order valence-corrected chi connectivity index (χ3v) is 5.32. The first-order valence-electron chi connectivity index (χ1n) is 11.4. The average molecular weight is 490 g/mol. The van der Waals surface area contributed by atoms with Crippen LogP contribution in [0.4, 0.5) is 11.5 Å². The lowest BCUT2D eigenvalue weighted by Gasteiger charge is -2.28. The van der Waals surface area contributed by atoms with Gasteiger partial charge in [0.05, 0.1) is 26.7 Å². The molecule has 0 aliphatic rings. The molecule has 1 heterocycles. The molecule has 0 atom stereocenters. The Morgan fingerprint density at radius 1 is 1.11 bits per heavy atom. The predicted molar refractivity (Wildman–Crippen MR) is 133 cm³/mol. The lowest BCUT2D eigenvalue weighted by molar-refractivity contribution is -0.141. The van der Waals surface area contributed by atoms with Crippen LogP contribution < -0.4 is 21.9 Å². The van der Waals surface area contributed by atoms with Gasteiger partial charge in [-0.3, -0.25) is 28.8 Å². The SMILES string of the molecule is COCCN(C(=O)CN(CCC(=O)OC)Cc1ccccc1)c1c(N)n(CC(C)C)c(=O)[nH]c1=O. The standard InChI is InChI=1S/C24H35N5O6/c1-17(2)14-29-22(25)21(23(32)26-24(29)33)28(12-13-34-3)19(30)16-27(11-10-20(31)35-4)15-18-8-6-5-7-9-18/h5-9,17H,10-16,25H2,1-4H3,(H,26,32,33). The van der Waals surface area contributed by atoms with Gasteiger partial charge in [-0.05, 0) is 11.5 Å². The minimum atomic E-state index is -0.749. The number of carbonyl (C=O) groups excluding carboxylic acids is 2. The number of carbonyl (C=O) groups is 2. The van der Waals surface area contributed by atoms with Crippen molar-refractivity contribution in [3.05, 3.63) is 56.7 Å². The molecule has 2 rings (SSSR count). The van der Waals surface area contributed by atoms with E-state index in [0.29, 0.717) is 6.54 Å². The highest BCUT2D eigenvalue weighted by molar-refractivity contribution is 5.96. The van der Waals surface area contributed by atoms with E-state index in [1.165, 1.54) is 23.7 Å². The molecule has 3 N–H and O–H groups in total. The molecule has 0 radical (unpaired) electrons. The number of nitrogens with two attached hydrogens (primary N) is 1. The van der Waals surface area contributed by atoms with Crippen molar-refractivity contribution in [1.82, 2.24) is 14.5 Å². The molecule has 11 nitrogen and oxygen atoms in total. The minimum Gasteiger partial charge on any atom is -0.469 e. The number of nitrogens with one attached hydrogen (secondary N) is 1. The Balaban J connectivity index is 2.40. The Labute approximate surface area is 204 Å². The fourth-order valence-corrected chi connectivity index (χ4v) is 3.61. The smallest absolute Gasteiger partial charge is 0.330 e. The van der Waals surface area contributed by atoms with E-state index >= 15 is 0 Å². The Morgan fingerprint density at radius 3 is 2.40 bits per heavy atom. The van der Waals surface area contributed by atoms with E-state index in [0.717, 1.165) is 5.56 Å². The van der Waals surface area contributed by atoms with Crippen molar-refractivity contribution in [3.8, 4) is 0 Å². The zero-order valence-corrected chi connectivity index (χ0v) is 20.8. The van der Waals surface area contributed by atoms with Gasteiger partial charge in [-0.2, -0.15) is 0 Å². The zero-order valence-electron chi connectivity index (χ0n) is 20.8. The molecule has 11 heteroatoms. The first-order chi connectivity index (χ1) is 16.7. The molecular weight excluding hydrogens is 454 g/mol. The third kappa shape index (κ3) is 8.08. The second kappa shape index (κ2) is 13.4. The summed E-state index contributed by atoms with van der Waals surface area (Å²) >= 11 is 0. The molecule has 0 saturated heterocycles. The van der Waals surface area contributed by atoms with Crippen LogP contribution in [0, 0.1) is 5.92 Å². The fraction of sp³-hybridized carbons (Fsp3) is 0.500. The van der Waals surface area contributed by atoms with Crippen LogP contribution in [0.3, 0.4) is 0 Å². The van der Waals surface area contributed by atoms with Crippen LogP contribution in [-0.2, 0) is 32.2 Å². The van der Waals surface area contributed by atoms with Crippen molar-refractivity contribution >= 4 is 23.4 Å². The summed E-state index contributed by atoms with van der Waals surface area (Å²) in [6.07, 6.45) is 0.0939. The number of methoxy groups -OCH3 is 2. The molecule has 0 spiro atoms. The largest absolute Gasteiger partial charge is 0.469 e. The number of nitrogen functional groups attached to an aromatic ring is 1. The molecule has 1 aromatic carbocycles. The van der Waals surface area contributed by atoms with Crippen LogP contribution >= 0.6 is 0 Å². The van der Waals surface area contributed by atoms with Gasteiger partial charge in [-0.25, -0.2) is 4.79 Å². The summed E-state index contributed by atoms with van der Waals surface area (Å²) in [4.78, 5) is 55.7. The van der Waals surface area contributed by atoms with Gasteiger partial charge in [0.15, 0.2) is 5.69 Å². The normalized spacial score (nSPS) is 11.1. The number of aromatic nitrogens is 2. The number of nitrogens with zero attached hydrogens (tertiary/aromatic N) is 3. The summed E-state index contributed by atoms with van der Waals surface area (Å²) in [5.74, 6) is -0.819. The Hall–Kier alpha value is -3.44. The average Bonchev–Trinajstić information content (AvgIpc) is 2.82. The van der Waals surface area contributed by atoms with Gasteiger partial charge in [0.2, 0.25) is 5.91 Å². The summed E-state index contributed by atoms with van der Waals surface area (Å²) in [5, 5.41) is 0. The van der Waals surface area contributed by atoms with Gasteiger partial charge >= 0.3 is 11.7 Å². The minimum absolute atomic E-state index is 0.0542. The lowest BCUT2D eigenvalue weighted by atomic mass is 10.2. The number of rotatable bonds is 13. The molecule has 35 heavy (non-hydrogen) atoms. The van der Waals surface area contributed by atoms with E-state index in [-0.39, 0.29) is 56.6 Å². The van der Waals surface area contributed by atoms with Crippen molar-refractivity contribution < 1.29 is 19.1 Å². The zero-order chi connectivity index (χ0) is 26.0. The van der Waals surface area contributed by atoms with E-state index in [1.807, 2.05) is 44.2 Å². The summed E-state index contributed by atoms with van der Waals surface area (Å²) in [6.45, 7) is 4.87. The highest BCUT2D eigenvalue weighted by Crippen LogP contribution is 2.18. The Kier molecular flexibility index (Phi) is 10.7. The highest BCUT2D eigenvalue weighted by Gasteiger charge is 2.26. The molecule has 0 fully saturated rings. The van der Waals surface area contributed by atoms with Gasteiger partial charge in [-0.1, -0.05) is 44.2 Å². The molecule has 1 amide bonds. The van der Waals surface area contributed by atoms with Crippen LogP contribution in [0.2, 0.25) is 0 Å². The maximum Gasteiger partial charge on any atom is 0.330 e. The molecule has 1 aromatic heterocycles. The molecule has 192 valence electrons. The summed E-state index contributed by atoms with van der Waals surface area (Å²) in [6, 6.07) is 9.50. The van der Waals surface area contributed by atoms with Crippen molar-refractivity contribution in [2.75, 3.05) is 51.1 Å². The summed E-state index contributed by atoms with van der Waals surface area (Å²) in [7, 11) is 2.79. The quantitative estimate of drug-likeness (QED) is 0.394. The molecule has 0 unspecified atom stereocenters. The maximum absolute atomic E-state index is 13.5. The maximum atomic E-state index is 13.5. The number of esters is 1. The van der Waals surface area contributed by atoms with Crippen LogP contribution in [0.1, 0.15) is 25.8 Å². The van der Waals surface area contributed by atoms with E-state index in [2.05, 4.69) is 4.98 Å². The summed E-state index contributed by atoms with van der Waals surface area (Å²) in [5.41, 5.74) is 5.73. The number of H-pyrrole nitrogens is 1. The van der Waals surface area contributed by atoms with E-state index in [9.17, 15) is 19.2 Å². The predicted octanol–water partition coefficient (Wildman–Crippen LogP) is 0.820. The topological polar surface area (TPSA) is 140 Å². The van der Waals surface area contributed by atoms with Crippen molar-refractivity contribution in [3.63, 3.8) is 0 Å². The number of benzene rings is 1. The highest BCUT2D eigenvalue weighted by atomic mass is 16.5. The van der Waals surface area contributed by atoms with Crippen LogP contribution in [0.15, 0.2) is 39.9 Å². The molecule has 0 saturated carbocycles. The van der Waals surface area contributed by atoms with E-state index < -0.39 is 23.1 Å². The lowest BCUT2D eigenvalue weighted by Crippen LogP contribution is -2.46. The number of hydrogen-bond acceptors (Lipinski definition) is 8. The fourth-order valence-electron chi connectivity index (χ4n) is 3.61. The van der Waals surface area contributed by atoms with Crippen molar-refractivity contribution in [2.24, 2.45) is 5.92 Å². The van der Waals surface area contributed by atoms with Gasteiger partial charge in [0.25, 0.3) is 5.56 Å². The second-order valence-corrected chi connectivity index (χ2v) is 8.56. The molecule has 2 aromatic rings. The first-order valence-corrected chi connectivity index (χ1v) is 11.4. The Morgan fingerprint density at radius 2 is 1.80 bits per heavy atom.